The smallest absolute Gasteiger partial charge is 0.332 e. The Labute approximate surface area is 190 Å². The van der Waals surface area contributed by atoms with Crippen LogP contribution < -0.4 is 16.6 Å². The highest BCUT2D eigenvalue weighted by molar-refractivity contribution is 5.94. The second-order valence-electron chi connectivity index (χ2n) is 8.39. The van der Waals surface area contributed by atoms with Gasteiger partial charge in [0.1, 0.15) is 11.3 Å². The van der Waals surface area contributed by atoms with E-state index in [9.17, 15) is 19.2 Å². The minimum Gasteiger partial charge on any atom is -0.353 e. The Bertz CT molecular complexity index is 1300. The number of hydrogen-bond donors (Lipinski definition) is 1. The monoisotopic (exact) mass is 449 g/mol. The molecular weight excluding hydrogens is 422 g/mol. The second kappa shape index (κ2) is 9.40. The van der Waals surface area contributed by atoms with Crippen LogP contribution in [0.1, 0.15) is 35.3 Å². The lowest BCUT2D eigenvalue weighted by Gasteiger charge is -2.32. The van der Waals surface area contributed by atoms with Gasteiger partial charge in [0.05, 0.1) is 5.39 Å². The molecule has 4 rings (SSSR count). The zero-order valence-electron chi connectivity index (χ0n) is 18.8. The molecule has 2 amide bonds. The number of likely N-dealkylation sites (tertiary alicyclic amines) is 1. The van der Waals surface area contributed by atoms with Gasteiger partial charge in [0.15, 0.2) is 0 Å². The first-order valence-electron chi connectivity index (χ1n) is 11.0. The van der Waals surface area contributed by atoms with Crippen LogP contribution in [-0.2, 0) is 25.3 Å². The normalized spacial score (nSPS) is 14.4. The zero-order valence-corrected chi connectivity index (χ0v) is 18.8. The summed E-state index contributed by atoms with van der Waals surface area (Å²) in [5.41, 5.74) is 0.578. The maximum absolute atomic E-state index is 13.0. The van der Waals surface area contributed by atoms with Crippen LogP contribution in [-0.4, -0.2) is 50.0 Å². The minimum atomic E-state index is -0.492. The quantitative estimate of drug-likeness (QED) is 0.625. The van der Waals surface area contributed by atoms with Gasteiger partial charge in [-0.3, -0.25) is 23.5 Å². The summed E-state index contributed by atoms with van der Waals surface area (Å²) in [4.78, 5) is 55.8. The van der Waals surface area contributed by atoms with Gasteiger partial charge in [0.25, 0.3) is 11.5 Å². The number of hydrogen-bond acceptors (Lipinski definition) is 5. The van der Waals surface area contributed by atoms with E-state index >= 15 is 0 Å². The summed E-state index contributed by atoms with van der Waals surface area (Å²) in [5, 5.41) is 3.36. The fourth-order valence-electron chi connectivity index (χ4n) is 4.16. The number of benzene rings is 1. The predicted molar refractivity (Wildman–Crippen MR) is 124 cm³/mol. The van der Waals surface area contributed by atoms with Gasteiger partial charge in [-0.25, -0.2) is 9.78 Å². The summed E-state index contributed by atoms with van der Waals surface area (Å²) < 4.78 is 2.29. The standard InChI is InChI=1S/C24H27N5O4/c1-27-21-18(22(31)28(2)24(27)33)9-10-19(26-21)23(32)29-14-12-17(13-15-29)25-20(30)11-8-16-6-4-3-5-7-16/h3-7,9-10,17H,8,11-15H2,1-2H3,(H,25,30). The van der Waals surface area contributed by atoms with E-state index in [0.29, 0.717) is 38.8 Å². The van der Waals surface area contributed by atoms with Gasteiger partial charge < -0.3 is 10.2 Å². The Morgan fingerprint density at radius 3 is 2.39 bits per heavy atom. The maximum Gasteiger partial charge on any atom is 0.332 e. The molecule has 33 heavy (non-hydrogen) atoms. The van der Waals surface area contributed by atoms with Gasteiger partial charge in [-0.15, -0.1) is 0 Å². The van der Waals surface area contributed by atoms with Gasteiger partial charge in [-0.05, 0) is 37.0 Å². The molecule has 0 spiro atoms. The highest BCUT2D eigenvalue weighted by Crippen LogP contribution is 2.15. The maximum atomic E-state index is 13.0. The van der Waals surface area contributed by atoms with Crippen molar-refractivity contribution in [2.24, 2.45) is 14.1 Å². The van der Waals surface area contributed by atoms with Gasteiger partial charge in [-0.1, -0.05) is 30.3 Å². The molecule has 0 saturated carbocycles. The van der Waals surface area contributed by atoms with Gasteiger partial charge in [0.2, 0.25) is 5.91 Å². The first-order valence-corrected chi connectivity index (χ1v) is 11.0. The average molecular weight is 450 g/mol. The summed E-state index contributed by atoms with van der Waals surface area (Å²) in [5.74, 6) is -0.235. The number of aromatic nitrogens is 3. The number of carbonyl (C=O) groups excluding carboxylic acids is 2. The van der Waals surface area contributed by atoms with Crippen molar-refractivity contribution in [3.05, 3.63) is 74.6 Å². The number of amides is 2. The van der Waals surface area contributed by atoms with Crippen molar-refractivity contribution in [2.45, 2.75) is 31.7 Å². The third-order valence-electron chi connectivity index (χ3n) is 6.15. The lowest BCUT2D eigenvalue weighted by molar-refractivity contribution is -0.122. The van der Waals surface area contributed by atoms with Crippen LogP contribution in [0.5, 0.6) is 0 Å². The first kappa shape index (κ1) is 22.4. The van der Waals surface area contributed by atoms with E-state index in [2.05, 4.69) is 10.3 Å². The van der Waals surface area contributed by atoms with Crippen molar-refractivity contribution < 1.29 is 9.59 Å². The molecule has 0 radical (unpaired) electrons. The Morgan fingerprint density at radius 1 is 1.00 bits per heavy atom. The molecule has 1 aliphatic heterocycles. The molecule has 0 aliphatic carbocycles. The van der Waals surface area contributed by atoms with Crippen molar-refractivity contribution in [3.8, 4) is 0 Å². The van der Waals surface area contributed by atoms with Crippen LogP contribution in [0.3, 0.4) is 0 Å². The summed E-state index contributed by atoms with van der Waals surface area (Å²) in [6.45, 7) is 0.995. The van der Waals surface area contributed by atoms with Crippen LogP contribution in [0.4, 0.5) is 0 Å². The summed E-state index contributed by atoms with van der Waals surface area (Å²) in [7, 11) is 2.94. The summed E-state index contributed by atoms with van der Waals surface area (Å²) in [6.07, 6.45) is 2.45. The highest BCUT2D eigenvalue weighted by Gasteiger charge is 2.26. The molecule has 3 heterocycles. The van der Waals surface area contributed by atoms with Crippen LogP contribution in [0.25, 0.3) is 11.0 Å². The van der Waals surface area contributed by atoms with Crippen molar-refractivity contribution in [2.75, 3.05) is 13.1 Å². The van der Waals surface area contributed by atoms with Crippen molar-refractivity contribution in [1.29, 1.82) is 0 Å². The van der Waals surface area contributed by atoms with E-state index in [1.54, 1.807) is 4.90 Å². The number of pyridine rings is 1. The molecule has 9 heteroatoms. The average Bonchev–Trinajstić information content (AvgIpc) is 2.85. The van der Waals surface area contributed by atoms with Crippen molar-refractivity contribution in [3.63, 3.8) is 0 Å². The van der Waals surface area contributed by atoms with Gasteiger partial charge in [-0.2, -0.15) is 0 Å². The Kier molecular flexibility index (Phi) is 6.39. The number of rotatable bonds is 5. The number of carbonyl (C=O) groups is 2. The van der Waals surface area contributed by atoms with E-state index in [0.717, 1.165) is 10.1 Å². The molecule has 1 fully saturated rings. The molecule has 1 aromatic carbocycles. The van der Waals surface area contributed by atoms with Crippen LogP contribution >= 0.6 is 0 Å². The molecule has 172 valence electrons. The third kappa shape index (κ3) is 4.72. The predicted octanol–water partition coefficient (Wildman–Crippen LogP) is 0.986. The van der Waals surface area contributed by atoms with Crippen LogP contribution in [0.2, 0.25) is 0 Å². The largest absolute Gasteiger partial charge is 0.353 e. The molecule has 0 atom stereocenters. The van der Waals surface area contributed by atoms with Gasteiger partial charge in [0, 0.05) is 39.6 Å². The number of piperidine rings is 1. The second-order valence-corrected chi connectivity index (χ2v) is 8.39. The molecular formula is C24H27N5O4. The van der Waals surface area contributed by atoms with E-state index in [4.69, 9.17) is 0 Å². The minimum absolute atomic E-state index is 0.0160. The molecule has 2 aromatic heterocycles. The van der Waals surface area contributed by atoms with Crippen molar-refractivity contribution >= 4 is 22.8 Å². The molecule has 9 nitrogen and oxygen atoms in total. The molecule has 1 N–H and O–H groups in total. The molecule has 1 saturated heterocycles. The van der Waals surface area contributed by atoms with E-state index in [-0.39, 0.29) is 34.6 Å². The Morgan fingerprint density at radius 2 is 1.70 bits per heavy atom. The molecule has 1 aliphatic rings. The molecule has 0 unspecified atom stereocenters. The number of fused-ring (bicyclic) bond motifs is 1. The first-order chi connectivity index (χ1) is 15.8. The summed E-state index contributed by atoms with van der Waals surface area (Å²) in [6, 6.07) is 13.0. The lowest BCUT2D eigenvalue weighted by Crippen LogP contribution is -2.46. The van der Waals surface area contributed by atoms with E-state index in [1.165, 1.54) is 30.8 Å². The van der Waals surface area contributed by atoms with Crippen LogP contribution in [0.15, 0.2) is 52.1 Å². The number of nitrogens with zero attached hydrogens (tertiary/aromatic N) is 4. The Balaban J connectivity index is 1.36. The topological polar surface area (TPSA) is 106 Å². The summed E-state index contributed by atoms with van der Waals surface area (Å²) >= 11 is 0. The lowest BCUT2D eigenvalue weighted by atomic mass is 10.0. The zero-order chi connectivity index (χ0) is 23.5. The fraction of sp³-hybridized carbons (Fsp3) is 0.375. The Hall–Kier alpha value is -3.75. The number of aryl methyl sites for hydroxylation is 2. The number of nitrogens with one attached hydrogen (secondary N) is 1. The van der Waals surface area contributed by atoms with Crippen LogP contribution in [0, 0.1) is 0 Å². The van der Waals surface area contributed by atoms with Gasteiger partial charge >= 0.3 is 5.69 Å². The van der Waals surface area contributed by atoms with E-state index < -0.39 is 11.2 Å². The SMILES string of the molecule is Cn1c(=O)c2ccc(C(=O)N3CCC(NC(=O)CCc4ccccc4)CC3)nc2n(C)c1=O. The van der Waals surface area contributed by atoms with E-state index in [1.807, 2.05) is 30.3 Å². The molecule has 3 aromatic rings. The van der Waals surface area contributed by atoms with Crippen molar-refractivity contribution in [1.82, 2.24) is 24.3 Å². The third-order valence-corrected chi connectivity index (χ3v) is 6.15. The highest BCUT2D eigenvalue weighted by atomic mass is 16.2. The fourth-order valence-corrected chi connectivity index (χ4v) is 4.16. The molecule has 0 bridgehead atoms.